The molecule has 0 aliphatic carbocycles. The summed E-state index contributed by atoms with van der Waals surface area (Å²) in [6.07, 6.45) is 44.6. The number of hydrogen-bond donors (Lipinski definition) is 3. The molecule has 0 saturated heterocycles. The van der Waals surface area contributed by atoms with Crippen LogP contribution >= 0.6 is 15.6 Å². The van der Waals surface area contributed by atoms with Crippen molar-refractivity contribution in [2.24, 2.45) is 5.92 Å². The molecule has 0 rings (SSSR count). The molecule has 0 fully saturated rings. The zero-order chi connectivity index (χ0) is 62.8. The van der Waals surface area contributed by atoms with E-state index in [4.69, 9.17) is 37.0 Å². The second kappa shape index (κ2) is 59.7. The molecule has 0 bridgehead atoms. The van der Waals surface area contributed by atoms with Crippen LogP contribution in [0.1, 0.15) is 336 Å². The minimum atomic E-state index is -4.95. The third-order valence-electron chi connectivity index (χ3n) is 15.6. The highest BCUT2D eigenvalue weighted by Gasteiger charge is 2.30. The van der Waals surface area contributed by atoms with Crippen LogP contribution in [0.25, 0.3) is 0 Å². The Morgan fingerprint density at radius 1 is 0.329 bits per heavy atom. The predicted octanol–water partition coefficient (Wildman–Crippen LogP) is 18.6. The summed E-state index contributed by atoms with van der Waals surface area (Å²) >= 11 is 0. The van der Waals surface area contributed by atoms with E-state index in [-0.39, 0.29) is 25.7 Å². The van der Waals surface area contributed by atoms with E-state index >= 15 is 0 Å². The van der Waals surface area contributed by atoms with Crippen molar-refractivity contribution in [3.8, 4) is 0 Å². The quantitative estimate of drug-likeness (QED) is 0.0222. The molecule has 6 atom stereocenters. The van der Waals surface area contributed by atoms with Crippen LogP contribution < -0.4 is 0 Å². The van der Waals surface area contributed by atoms with Crippen molar-refractivity contribution in [1.29, 1.82) is 0 Å². The highest BCUT2D eigenvalue weighted by Crippen LogP contribution is 2.45. The average molecular weight is 1260 g/mol. The summed E-state index contributed by atoms with van der Waals surface area (Å²) in [4.78, 5) is 72.1. The van der Waals surface area contributed by atoms with Crippen LogP contribution in [0.15, 0.2) is 0 Å². The largest absolute Gasteiger partial charge is 0.472 e. The van der Waals surface area contributed by atoms with Crippen LogP contribution in [0.2, 0.25) is 0 Å². The zero-order valence-corrected chi connectivity index (χ0v) is 56.5. The number of phosphoric ester groups is 2. The van der Waals surface area contributed by atoms with Gasteiger partial charge in [-0.15, -0.1) is 0 Å². The van der Waals surface area contributed by atoms with Crippen molar-refractivity contribution in [3.05, 3.63) is 0 Å². The van der Waals surface area contributed by atoms with Gasteiger partial charge in [0, 0.05) is 25.7 Å². The molecule has 17 nitrogen and oxygen atoms in total. The van der Waals surface area contributed by atoms with Crippen molar-refractivity contribution < 1.29 is 80.2 Å². The van der Waals surface area contributed by atoms with Gasteiger partial charge in [-0.3, -0.25) is 37.3 Å². The van der Waals surface area contributed by atoms with Gasteiger partial charge in [0.25, 0.3) is 0 Å². The summed E-state index contributed by atoms with van der Waals surface area (Å²) in [5.41, 5.74) is 0. The molecule has 0 aliphatic heterocycles. The normalized spacial score (nSPS) is 14.5. The highest BCUT2D eigenvalue weighted by atomic mass is 31.2. The highest BCUT2D eigenvalue weighted by molar-refractivity contribution is 7.47. The monoisotopic (exact) mass is 1250 g/mol. The van der Waals surface area contributed by atoms with Crippen molar-refractivity contribution in [2.75, 3.05) is 39.6 Å². The number of aliphatic hydroxyl groups excluding tert-OH is 1. The number of carbonyl (C=O) groups excluding carboxylic acids is 4. The fraction of sp³-hybridized carbons (Fsp3) is 0.939. The zero-order valence-electron chi connectivity index (χ0n) is 54.7. The maximum atomic E-state index is 13.0. The third-order valence-corrected chi connectivity index (χ3v) is 17.5. The first-order valence-corrected chi connectivity index (χ1v) is 37.7. The Morgan fingerprint density at radius 3 is 0.835 bits per heavy atom. The number of esters is 4. The van der Waals surface area contributed by atoms with Gasteiger partial charge in [-0.25, -0.2) is 9.13 Å². The summed E-state index contributed by atoms with van der Waals surface area (Å²) in [6.45, 7) is 7.13. The summed E-state index contributed by atoms with van der Waals surface area (Å²) < 4.78 is 68.0. The minimum Gasteiger partial charge on any atom is -0.462 e. The molecule has 3 unspecified atom stereocenters. The standard InChI is InChI=1S/C66H128O17P2/c1-6-10-13-16-19-21-23-24-25-26-27-28-29-30-32-35-42-47-52-66(71)83-62(56-77-64(69)50-45-40-37-36-38-43-48-59(5)9-4)58-81-85(74,75)79-54-60(67)53-78-84(72,73)80-57-61(55-76-63(68)49-44-39-33-18-15-12-8-3)82-65(70)51-46-41-34-31-22-20-17-14-11-7-2/h59-62,67H,6-58H2,1-5H3,(H,72,73)(H,74,75)/t59?,60-,61+,62+/m0/s1. The Kier molecular flexibility index (Phi) is 58.3. The molecular formula is C66H128O17P2. The molecule has 85 heavy (non-hydrogen) atoms. The minimum absolute atomic E-state index is 0.106. The number of ether oxygens (including phenoxy) is 4. The van der Waals surface area contributed by atoms with Gasteiger partial charge in [-0.1, -0.05) is 285 Å². The SMILES string of the molecule is CCCCCCCCCCCCCCCCCCCCC(=O)O[C@H](COC(=O)CCCCCCCCC(C)CC)COP(=O)(O)OC[C@@H](O)COP(=O)(O)OC[C@@H](COC(=O)CCCCCCCCC)OC(=O)CCCCCCCCCCCC. The lowest BCUT2D eigenvalue weighted by Gasteiger charge is -2.21. The Bertz CT molecular complexity index is 1650. The van der Waals surface area contributed by atoms with E-state index in [0.29, 0.717) is 25.7 Å². The van der Waals surface area contributed by atoms with Crippen LogP contribution in [0.5, 0.6) is 0 Å². The lowest BCUT2D eigenvalue weighted by Crippen LogP contribution is -2.30. The molecule has 0 aromatic carbocycles. The summed E-state index contributed by atoms with van der Waals surface area (Å²) in [5, 5.41) is 10.5. The number of carbonyl (C=O) groups is 4. The molecule has 0 aromatic heterocycles. The number of unbranched alkanes of at least 4 members (excludes halogenated alkanes) is 37. The van der Waals surface area contributed by atoms with Crippen molar-refractivity contribution in [2.45, 2.75) is 355 Å². The average Bonchev–Trinajstić information content (AvgIpc) is 3.53. The van der Waals surface area contributed by atoms with Gasteiger partial charge in [0.05, 0.1) is 26.4 Å². The summed E-state index contributed by atoms with van der Waals surface area (Å²) in [6, 6.07) is 0. The van der Waals surface area contributed by atoms with Crippen LogP contribution in [-0.2, 0) is 65.4 Å². The topological polar surface area (TPSA) is 237 Å². The Labute approximate surface area is 517 Å². The molecule has 0 heterocycles. The first-order valence-electron chi connectivity index (χ1n) is 34.7. The predicted molar refractivity (Wildman–Crippen MR) is 340 cm³/mol. The second-order valence-corrected chi connectivity index (χ2v) is 27.0. The number of aliphatic hydroxyl groups is 1. The molecule has 0 spiro atoms. The fourth-order valence-electron chi connectivity index (χ4n) is 9.90. The van der Waals surface area contributed by atoms with Crippen molar-refractivity contribution in [1.82, 2.24) is 0 Å². The Balaban J connectivity index is 5.17. The van der Waals surface area contributed by atoms with Crippen molar-refractivity contribution >= 4 is 39.5 Å². The molecule has 19 heteroatoms. The third kappa shape index (κ3) is 59.5. The fourth-order valence-corrected chi connectivity index (χ4v) is 11.5. The van der Waals surface area contributed by atoms with E-state index < -0.39 is 97.5 Å². The lowest BCUT2D eigenvalue weighted by atomic mass is 10.00. The number of hydrogen-bond acceptors (Lipinski definition) is 15. The van der Waals surface area contributed by atoms with E-state index in [1.807, 2.05) is 0 Å². The van der Waals surface area contributed by atoms with Crippen LogP contribution in [0, 0.1) is 5.92 Å². The molecule has 0 saturated carbocycles. The van der Waals surface area contributed by atoms with Gasteiger partial charge in [0.15, 0.2) is 12.2 Å². The van der Waals surface area contributed by atoms with E-state index in [9.17, 15) is 43.2 Å². The van der Waals surface area contributed by atoms with E-state index in [2.05, 4.69) is 34.6 Å². The smallest absolute Gasteiger partial charge is 0.462 e. The van der Waals surface area contributed by atoms with E-state index in [0.717, 1.165) is 115 Å². The molecule has 0 aliphatic rings. The second-order valence-electron chi connectivity index (χ2n) is 24.1. The summed E-state index contributed by atoms with van der Waals surface area (Å²) in [5.74, 6) is -1.40. The van der Waals surface area contributed by atoms with Crippen LogP contribution in [0.3, 0.4) is 0 Å². The Morgan fingerprint density at radius 2 is 0.565 bits per heavy atom. The van der Waals surface area contributed by atoms with Crippen LogP contribution in [-0.4, -0.2) is 96.7 Å². The Hall–Kier alpha value is -1.94. The molecular weight excluding hydrogens is 1130 g/mol. The number of phosphoric acid groups is 2. The van der Waals surface area contributed by atoms with Gasteiger partial charge in [-0.05, 0) is 31.6 Å². The van der Waals surface area contributed by atoms with E-state index in [1.165, 1.54) is 141 Å². The van der Waals surface area contributed by atoms with Gasteiger partial charge in [0.2, 0.25) is 0 Å². The van der Waals surface area contributed by atoms with Gasteiger partial charge >= 0.3 is 39.5 Å². The van der Waals surface area contributed by atoms with Gasteiger partial charge in [-0.2, -0.15) is 0 Å². The molecule has 3 N–H and O–H groups in total. The molecule has 0 aromatic rings. The maximum Gasteiger partial charge on any atom is 0.472 e. The van der Waals surface area contributed by atoms with Crippen molar-refractivity contribution in [3.63, 3.8) is 0 Å². The van der Waals surface area contributed by atoms with Gasteiger partial charge < -0.3 is 33.8 Å². The van der Waals surface area contributed by atoms with Crippen LogP contribution in [0.4, 0.5) is 0 Å². The van der Waals surface area contributed by atoms with E-state index in [1.54, 1.807) is 0 Å². The summed E-state index contributed by atoms with van der Waals surface area (Å²) in [7, 11) is -9.88. The molecule has 0 amide bonds. The molecule has 0 radical (unpaired) electrons. The first kappa shape index (κ1) is 83.1. The lowest BCUT2D eigenvalue weighted by molar-refractivity contribution is -0.161. The number of rotatable bonds is 66. The maximum absolute atomic E-state index is 13.0. The van der Waals surface area contributed by atoms with Gasteiger partial charge in [0.1, 0.15) is 19.3 Å². The first-order chi connectivity index (χ1) is 41.1. The molecule has 504 valence electrons.